The van der Waals surface area contributed by atoms with Gasteiger partial charge in [0.2, 0.25) is 5.91 Å². The maximum absolute atomic E-state index is 13.0. The molecule has 0 spiro atoms. The molecule has 172 valence electrons. The molecule has 1 amide bonds. The van der Waals surface area contributed by atoms with E-state index in [1.54, 1.807) is 24.3 Å². The number of ether oxygens (including phenoxy) is 1. The number of anilines is 1. The molecule has 3 rings (SSSR count). The maximum atomic E-state index is 13.0. The third-order valence-corrected chi connectivity index (χ3v) is 5.89. The van der Waals surface area contributed by atoms with E-state index in [-0.39, 0.29) is 22.5 Å². The van der Waals surface area contributed by atoms with Crippen LogP contribution < -0.4 is 15.8 Å². The van der Waals surface area contributed by atoms with E-state index in [9.17, 15) is 14.4 Å². The molecule has 1 saturated heterocycles. The Balaban J connectivity index is 1.73. The van der Waals surface area contributed by atoms with Crippen LogP contribution in [0.15, 0.2) is 35.3 Å². The average molecular weight is 462 g/mol. The summed E-state index contributed by atoms with van der Waals surface area (Å²) in [6, 6.07) is 6.71. The van der Waals surface area contributed by atoms with E-state index in [1.165, 1.54) is 13.3 Å². The molecule has 1 aliphatic rings. The first kappa shape index (κ1) is 23.7. The van der Waals surface area contributed by atoms with Gasteiger partial charge in [0, 0.05) is 32.2 Å². The lowest BCUT2D eigenvalue weighted by Crippen LogP contribution is -2.50. The van der Waals surface area contributed by atoms with Crippen molar-refractivity contribution in [3.63, 3.8) is 0 Å². The Hall–Kier alpha value is -2.91. The molecule has 9 nitrogen and oxygen atoms in total. The Bertz CT molecular complexity index is 1030. The summed E-state index contributed by atoms with van der Waals surface area (Å²) in [4.78, 5) is 41.2. The molecule has 0 unspecified atom stereocenters. The topological polar surface area (TPSA) is 96.8 Å². The molecule has 0 aliphatic carbocycles. The minimum absolute atomic E-state index is 0.0133. The van der Waals surface area contributed by atoms with Gasteiger partial charge in [0.15, 0.2) is 0 Å². The molecular weight excluding hydrogens is 434 g/mol. The van der Waals surface area contributed by atoms with Gasteiger partial charge in [-0.3, -0.25) is 14.5 Å². The van der Waals surface area contributed by atoms with Gasteiger partial charge in [-0.15, -0.1) is 0 Å². The Morgan fingerprint density at radius 3 is 2.53 bits per heavy atom. The quantitative estimate of drug-likeness (QED) is 0.627. The average Bonchev–Trinajstić information content (AvgIpc) is 2.80. The van der Waals surface area contributed by atoms with E-state index in [2.05, 4.69) is 15.3 Å². The molecule has 2 aromatic rings. The number of nitrogens with zero attached hydrogens (tertiary/aromatic N) is 4. The van der Waals surface area contributed by atoms with Crippen LogP contribution in [0.5, 0.6) is 0 Å². The zero-order chi connectivity index (χ0) is 23.3. The molecule has 1 aliphatic heterocycles. The lowest BCUT2D eigenvalue weighted by molar-refractivity contribution is -0.122. The Labute approximate surface area is 191 Å². The van der Waals surface area contributed by atoms with Crippen LogP contribution in [0.2, 0.25) is 5.02 Å². The van der Waals surface area contributed by atoms with Crippen molar-refractivity contribution in [2.24, 2.45) is 0 Å². The van der Waals surface area contributed by atoms with Crippen LogP contribution in [0.3, 0.4) is 0 Å². The van der Waals surface area contributed by atoms with Crippen molar-refractivity contribution in [2.75, 3.05) is 44.7 Å². The highest BCUT2D eigenvalue weighted by Gasteiger charge is 2.24. The number of hydrogen-bond donors (Lipinski definition) is 1. The Kier molecular flexibility index (Phi) is 7.87. The molecule has 1 N–H and O–H groups in total. The molecule has 1 aromatic heterocycles. The second-order valence-electron chi connectivity index (χ2n) is 7.71. The fourth-order valence-corrected chi connectivity index (χ4v) is 3.78. The number of hydrogen-bond acceptors (Lipinski definition) is 7. The molecule has 0 radical (unpaired) electrons. The first-order valence-corrected chi connectivity index (χ1v) is 11.0. The van der Waals surface area contributed by atoms with Gasteiger partial charge in [-0.1, -0.05) is 30.7 Å². The molecule has 1 fully saturated rings. The lowest BCUT2D eigenvalue weighted by Gasteiger charge is -2.36. The number of amides is 1. The van der Waals surface area contributed by atoms with Crippen molar-refractivity contribution in [1.29, 1.82) is 0 Å². The van der Waals surface area contributed by atoms with Gasteiger partial charge in [0.05, 0.1) is 36.8 Å². The van der Waals surface area contributed by atoms with Gasteiger partial charge in [0.25, 0.3) is 5.56 Å². The summed E-state index contributed by atoms with van der Waals surface area (Å²) in [5.41, 5.74) is 0.538. The third-order valence-electron chi connectivity index (χ3n) is 5.54. The number of aromatic nitrogens is 2. The second-order valence-corrected chi connectivity index (χ2v) is 8.09. The van der Waals surface area contributed by atoms with E-state index >= 15 is 0 Å². The van der Waals surface area contributed by atoms with E-state index in [4.69, 9.17) is 16.3 Å². The normalized spacial score (nSPS) is 15.3. The standard InChI is InChI=1S/C22H28ClN5O4/c1-4-15(2)25-19(29)14-26-9-11-27(12-10-26)18-13-24-28(21(30)20(18)23)17-8-6-5-7-16(17)22(31)32-3/h5-8,13,15H,4,9-12,14H2,1-3H3,(H,25,29)/t15-/m1/s1. The van der Waals surface area contributed by atoms with Crippen LogP contribution in [0.4, 0.5) is 5.69 Å². The summed E-state index contributed by atoms with van der Waals surface area (Å²) in [5.74, 6) is -0.553. The van der Waals surface area contributed by atoms with E-state index in [0.29, 0.717) is 44.1 Å². The minimum Gasteiger partial charge on any atom is -0.465 e. The van der Waals surface area contributed by atoms with Crippen LogP contribution in [-0.2, 0) is 9.53 Å². The first-order chi connectivity index (χ1) is 15.3. The van der Waals surface area contributed by atoms with Crippen LogP contribution in [0.1, 0.15) is 30.6 Å². The summed E-state index contributed by atoms with van der Waals surface area (Å²) >= 11 is 6.43. The Morgan fingerprint density at radius 2 is 1.88 bits per heavy atom. The minimum atomic E-state index is -0.567. The smallest absolute Gasteiger partial charge is 0.340 e. The summed E-state index contributed by atoms with van der Waals surface area (Å²) in [6.07, 6.45) is 2.42. The number of carbonyl (C=O) groups is 2. The van der Waals surface area contributed by atoms with Gasteiger partial charge in [0.1, 0.15) is 5.02 Å². The molecule has 1 atom stereocenters. The lowest BCUT2D eigenvalue weighted by atomic mass is 10.2. The number of rotatable bonds is 7. The van der Waals surface area contributed by atoms with Gasteiger partial charge in [-0.05, 0) is 25.5 Å². The SMILES string of the molecule is CC[C@@H](C)NC(=O)CN1CCN(c2cnn(-c3ccccc3C(=O)OC)c(=O)c2Cl)CC1. The number of halogens is 1. The first-order valence-electron chi connectivity index (χ1n) is 10.6. The van der Waals surface area contributed by atoms with E-state index in [0.717, 1.165) is 11.1 Å². The summed E-state index contributed by atoms with van der Waals surface area (Å²) in [7, 11) is 1.28. The van der Waals surface area contributed by atoms with Crippen molar-refractivity contribution in [2.45, 2.75) is 26.3 Å². The van der Waals surface area contributed by atoms with Crippen LogP contribution >= 0.6 is 11.6 Å². The zero-order valence-corrected chi connectivity index (χ0v) is 19.3. The van der Waals surface area contributed by atoms with E-state index < -0.39 is 11.5 Å². The summed E-state index contributed by atoms with van der Waals surface area (Å²) in [5, 5.41) is 7.27. The second kappa shape index (κ2) is 10.6. The molecule has 0 saturated carbocycles. The molecule has 32 heavy (non-hydrogen) atoms. The predicted octanol–water partition coefficient (Wildman–Crippen LogP) is 1.71. The van der Waals surface area contributed by atoms with Gasteiger partial charge in [-0.25, -0.2) is 4.79 Å². The van der Waals surface area contributed by atoms with Crippen LogP contribution in [-0.4, -0.2) is 72.4 Å². The van der Waals surface area contributed by atoms with Crippen LogP contribution in [0, 0.1) is 0 Å². The van der Waals surface area contributed by atoms with Crippen molar-refractivity contribution in [3.05, 3.63) is 51.4 Å². The number of esters is 1. The highest BCUT2D eigenvalue weighted by Crippen LogP contribution is 2.23. The van der Waals surface area contributed by atoms with Gasteiger partial charge < -0.3 is 15.0 Å². The third kappa shape index (κ3) is 5.28. The van der Waals surface area contributed by atoms with Crippen molar-refractivity contribution in [3.8, 4) is 5.69 Å². The van der Waals surface area contributed by atoms with Crippen molar-refractivity contribution in [1.82, 2.24) is 20.0 Å². The molecule has 2 heterocycles. The number of para-hydroxylation sites is 1. The number of carbonyl (C=O) groups excluding carboxylic acids is 2. The molecule has 0 bridgehead atoms. The maximum Gasteiger partial charge on any atom is 0.340 e. The molecule has 1 aromatic carbocycles. The fourth-order valence-electron chi connectivity index (χ4n) is 3.53. The highest BCUT2D eigenvalue weighted by molar-refractivity contribution is 6.33. The zero-order valence-electron chi connectivity index (χ0n) is 18.5. The summed E-state index contributed by atoms with van der Waals surface area (Å²) < 4.78 is 5.90. The number of nitrogens with one attached hydrogen (secondary N) is 1. The molecular formula is C22H28ClN5O4. The highest BCUT2D eigenvalue weighted by atomic mass is 35.5. The molecule has 10 heteroatoms. The van der Waals surface area contributed by atoms with Gasteiger partial charge in [-0.2, -0.15) is 9.78 Å². The van der Waals surface area contributed by atoms with E-state index in [1.807, 2.05) is 18.7 Å². The number of benzene rings is 1. The van der Waals surface area contributed by atoms with Crippen LogP contribution in [0.25, 0.3) is 5.69 Å². The van der Waals surface area contributed by atoms with Crippen molar-refractivity contribution < 1.29 is 14.3 Å². The number of methoxy groups -OCH3 is 1. The largest absolute Gasteiger partial charge is 0.465 e. The summed E-state index contributed by atoms with van der Waals surface area (Å²) in [6.45, 7) is 6.91. The monoisotopic (exact) mass is 461 g/mol. The Morgan fingerprint density at radius 1 is 1.19 bits per heavy atom. The van der Waals surface area contributed by atoms with Gasteiger partial charge >= 0.3 is 5.97 Å². The van der Waals surface area contributed by atoms with Crippen molar-refractivity contribution >= 4 is 29.2 Å². The fraction of sp³-hybridized carbons (Fsp3) is 0.455. The predicted molar refractivity (Wildman–Crippen MR) is 123 cm³/mol. The number of piperazine rings is 1.